The third kappa shape index (κ3) is 4.35. The highest BCUT2D eigenvalue weighted by Crippen LogP contribution is 2.35. The van der Waals surface area contributed by atoms with E-state index in [1.807, 2.05) is 0 Å². The number of nitrogens with one attached hydrogen (secondary N) is 1. The van der Waals surface area contributed by atoms with Crippen LogP contribution in [0.5, 0.6) is 0 Å². The maximum Gasteiger partial charge on any atom is 0.232 e. The molecular weight excluding hydrogens is 377 g/mol. The van der Waals surface area contributed by atoms with Crippen molar-refractivity contribution >= 4 is 20.8 Å². The number of alkyl halides is 1. The minimum atomic E-state index is -4.35. The molecule has 1 aromatic carbocycles. The van der Waals surface area contributed by atoms with Gasteiger partial charge in [-0.1, -0.05) is 18.2 Å². The number of sulfone groups is 1. The van der Waals surface area contributed by atoms with Gasteiger partial charge in [0.05, 0.1) is 26.9 Å². The molecule has 26 heavy (non-hydrogen) atoms. The van der Waals surface area contributed by atoms with E-state index in [1.165, 1.54) is 18.4 Å². The van der Waals surface area contributed by atoms with Crippen LogP contribution in [-0.2, 0) is 25.6 Å². The Morgan fingerprint density at radius 3 is 2.35 bits per heavy atom. The molecule has 146 valence electrons. The smallest absolute Gasteiger partial charge is 0.232 e. The van der Waals surface area contributed by atoms with Crippen LogP contribution in [0.2, 0.25) is 0 Å². The molecule has 2 rings (SSSR count). The predicted molar refractivity (Wildman–Crippen MR) is 101 cm³/mol. The van der Waals surface area contributed by atoms with Crippen LogP contribution >= 0.6 is 0 Å². The molecule has 0 spiro atoms. The highest BCUT2D eigenvalue weighted by Gasteiger charge is 2.52. The first kappa shape index (κ1) is 21.1. The minimum Gasteiger partial charge on any atom is -0.497 e. The normalized spacial score (nSPS) is 22.9. The van der Waals surface area contributed by atoms with Crippen molar-refractivity contribution in [2.24, 2.45) is 0 Å². The van der Waals surface area contributed by atoms with Gasteiger partial charge in [-0.2, -0.15) is 0 Å². The second kappa shape index (κ2) is 7.78. The van der Waals surface area contributed by atoms with Crippen molar-refractivity contribution < 1.29 is 21.8 Å². The average Bonchev–Trinajstić information content (AvgIpc) is 2.59. The highest BCUT2D eigenvalue weighted by molar-refractivity contribution is 7.92. The van der Waals surface area contributed by atoms with Gasteiger partial charge in [-0.05, 0) is 58.7 Å². The maximum atomic E-state index is 15.9. The summed E-state index contributed by atoms with van der Waals surface area (Å²) in [5.74, 6) is 0. The van der Waals surface area contributed by atoms with Crippen LogP contribution in [0, 0.1) is 0 Å². The number of ether oxygens (including phenoxy) is 1. The number of allylic oxidation sites excluding steroid dienone is 1. The Morgan fingerprint density at radius 1 is 1.23 bits per heavy atom. The van der Waals surface area contributed by atoms with Gasteiger partial charge in [0.15, 0.2) is 0 Å². The lowest BCUT2D eigenvalue weighted by molar-refractivity contribution is 0.0511. The molecule has 1 aliphatic rings. The molecule has 0 saturated carbocycles. The molecule has 0 amide bonds. The molecule has 0 aliphatic carbocycles. The summed E-state index contributed by atoms with van der Waals surface area (Å²) in [6.45, 7) is 6.21. The Hall–Kier alpha value is -1.25. The fraction of sp³-hybridized carbons (Fsp3) is 0.556. The first-order chi connectivity index (χ1) is 12.0. The van der Waals surface area contributed by atoms with Gasteiger partial charge in [-0.15, -0.1) is 0 Å². The van der Waals surface area contributed by atoms with Crippen LogP contribution in [0.3, 0.4) is 0 Å². The summed E-state index contributed by atoms with van der Waals surface area (Å²) >= 11 is 0. The van der Waals surface area contributed by atoms with Crippen LogP contribution in [0.1, 0.15) is 40.5 Å². The van der Waals surface area contributed by atoms with E-state index in [2.05, 4.69) is 4.72 Å². The molecule has 0 radical (unpaired) electrons. The molecule has 4 atom stereocenters. The van der Waals surface area contributed by atoms with Crippen LogP contribution in [0.25, 0.3) is 0 Å². The summed E-state index contributed by atoms with van der Waals surface area (Å²) in [5, 5.41) is -2.72. The number of rotatable bonds is 6. The zero-order valence-corrected chi connectivity index (χ0v) is 17.1. The maximum absolute atomic E-state index is 15.9. The van der Waals surface area contributed by atoms with Gasteiger partial charge in [0.1, 0.15) is 12.1 Å². The van der Waals surface area contributed by atoms with E-state index in [0.717, 1.165) is 6.92 Å². The fourth-order valence-corrected chi connectivity index (χ4v) is 5.15. The molecule has 0 bridgehead atoms. The SMILES string of the molecule is CC(C)(C)[S@@](=O)N[C@@H](C1CCC=CO1)[C@](C)(F)S(=O)(=O)c1ccccc1. The zero-order chi connectivity index (χ0) is 19.6. The second-order valence-electron chi connectivity index (χ2n) is 7.40. The van der Waals surface area contributed by atoms with Crippen molar-refractivity contribution in [1.82, 2.24) is 4.72 Å². The molecule has 8 heteroatoms. The van der Waals surface area contributed by atoms with Crippen molar-refractivity contribution in [3.05, 3.63) is 42.7 Å². The van der Waals surface area contributed by atoms with Crippen LogP contribution in [0.4, 0.5) is 4.39 Å². The second-order valence-corrected chi connectivity index (χ2v) is 11.7. The number of hydrogen-bond donors (Lipinski definition) is 1. The van der Waals surface area contributed by atoms with Crippen LogP contribution < -0.4 is 4.72 Å². The highest BCUT2D eigenvalue weighted by atomic mass is 32.2. The molecule has 1 N–H and O–H groups in total. The number of hydrogen-bond acceptors (Lipinski definition) is 4. The standard InChI is InChI=1S/C18H26FNO4S2/c1-17(2,3)25(21)20-16(15-12-8-9-13-24-15)18(4,19)26(22,23)14-10-6-5-7-11-14/h5-7,9-11,13,15-16,20H,8,12H2,1-4H3/t15?,16-,18+,25+/m0/s1. The molecule has 0 saturated heterocycles. The van der Waals surface area contributed by atoms with Crippen molar-refractivity contribution in [3.63, 3.8) is 0 Å². The predicted octanol–water partition coefficient (Wildman–Crippen LogP) is 3.26. The average molecular weight is 404 g/mol. The molecule has 0 aromatic heterocycles. The topological polar surface area (TPSA) is 72.5 Å². The van der Waals surface area contributed by atoms with Gasteiger partial charge < -0.3 is 4.74 Å². The van der Waals surface area contributed by atoms with Gasteiger partial charge >= 0.3 is 0 Å². The Morgan fingerprint density at radius 2 is 1.85 bits per heavy atom. The van der Waals surface area contributed by atoms with Crippen molar-refractivity contribution in [1.29, 1.82) is 0 Å². The van der Waals surface area contributed by atoms with Gasteiger partial charge in [0, 0.05) is 0 Å². The van der Waals surface area contributed by atoms with Crippen molar-refractivity contribution in [2.45, 2.75) is 67.3 Å². The fourth-order valence-electron chi connectivity index (χ4n) is 2.60. The first-order valence-corrected chi connectivity index (χ1v) is 11.1. The number of benzene rings is 1. The van der Waals surface area contributed by atoms with E-state index in [1.54, 1.807) is 45.0 Å². The molecule has 1 unspecified atom stereocenters. The summed E-state index contributed by atoms with van der Waals surface area (Å²) in [4.78, 5) is -0.121. The van der Waals surface area contributed by atoms with Gasteiger partial charge in [-0.25, -0.2) is 21.7 Å². The Labute approximate surface area is 157 Å². The summed E-state index contributed by atoms with van der Waals surface area (Å²) in [6.07, 6.45) is 3.54. The van der Waals surface area contributed by atoms with Gasteiger partial charge in [-0.3, -0.25) is 0 Å². The van der Waals surface area contributed by atoms with Crippen LogP contribution in [0.15, 0.2) is 47.6 Å². The molecule has 1 aliphatic heterocycles. The van der Waals surface area contributed by atoms with Gasteiger partial charge in [0.2, 0.25) is 14.8 Å². The quantitative estimate of drug-likeness (QED) is 0.791. The Kier molecular flexibility index (Phi) is 6.30. The largest absolute Gasteiger partial charge is 0.497 e. The lowest BCUT2D eigenvalue weighted by atomic mass is 10.0. The molecule has 1 heterocycles. The summed E-state index contributed by atoms with van der Waals surface area (Å²) < 4.78 is 61.9. The summed E-state index contributed by atoms with van der Waals surface area (Å²) in [7, 11) is -6.01. The Bertz CT molecular complexity index is 770. The molecular formula is C18H26FNO4S2. The van der Waals surface area contributed by atoms with Crippen molar-refractivity contribution in [3.8, 4) is 0 Å². The summed E-state index contributed by atoms with van der Waals surface area (Å²) in [5.41, 5.74) is 0. The van der Waals surface area contributed by atoms with E-state index in [4.69, 9.17) is 4.74 Å². The zero-order valence-electron chi connectivity index (χ0n) is 15.4. The Balaban J connectivity index is 2.45. The lowest BCUT2D eigenvalue weighted by Gasteiger charge is -2.37. The van der Waals surface area contributed by atoms with Crippen LogP contribution in [-0.4, -0.2) is 34.5 Å². The van der Waals surface area contributed by atoms with E-state index in [-0.39, 0.29) is 4.90 Å². The monoisotopic (exact) mass is 403 g/mol. The third-order valence-electron chi connectivity index (χ3n) is 4.26. The number of halogens is 1. The third-order valence-corrected chi connectivity index (χ3v) is 8.04. The van der Waals surface area contributed by atoms with Crippen molar-refractivity contribution in [2.75, 3.05) is 0 Å². The molecule has 1 aromatic rings. The van der Waals surface area contributed by atoms with E-state index in [0.29, 0.717) is 12.8 Å². The van der Waals surface area contributed by atoms with E-state index < -0.39 is 42.7 Å². The summed E-state index contributed by atoms with van der Waals surface area (Å²) in [6, 6.07) is 6.15. The lowest BCUT2D eigenvalue weighted by Crippen LogP contribution is -2.59. The minimum absolute atomic E-state index is 0.121. The van der Waals surface area contributed by atoms with Gasteiger partial charge in [0.25, 0.3) is 0 Å². The molecule has 0 fully saturated rings. The van der Waals surface area contributed by atoms with E-state index in [9.17, 15) is 12.6 Å². The first-order valence-electron chi connectivity index (χ1n) is 8.45. The molecule has 5 nitrogen and oxygen atoms in total. The van der Waals surface area contributed by atoms with E-state index >= 15 is 4.39 Å².